The Morgan fingerprint density at radius 1 is 1.15 bits per heavy atom. The molecule has 1 aliphatic rings. The Bertz CT molecular complexity index is 836. The number of rotatable bonds is 5. The van der Waals surface area contributed by atoms with Crippen molar-refractivity contribution in [2.75, 3.05) is 30.3 Å². The number of aryl methyl sites for hydroxylation is 1. The summed E-state index contributed by atoms with van der Waals surface area (Å²) in [5, 5.41) is 8.44. The number of imide groups is 1. The number of hydrogen-bond donors (Lipinski definition) is 3. The van der Waals surface area contributed by atoms with Gasteiger partial charge in [-0.15, -0.1) is 0 Å². The molecular formula is C19H20N4O3. The first-order valence-corrected chi connectivity index (χ1v) is 8.34. The minimum atomic E-state index is -0.371. The van der Waals surface area contributed by atoms with E-state index in [0.717, 1.165) is 5.56 Å². The molecule has 0 bridgehead atoms. The van der Waals surface area contributed by atoms with Crippen LogP contribution < -0.4 is 16.0 Å². The van der Waals surface area contributed by atoms with Gasteiger partial charge in [-0.1, -0.05) is 24.3 Å². The molecule has 1 saturated heterocycles. The van der Waals surface area contributed by atoms with E-state index in [9.17, 15) is 14.4 Å². The topological polar surface area (TPSA) is 90.5 Å². The lowest BCUT2D eigenvalue weighted by Crippen LogP contribution is -2.38. The van der Waals surface area contributed by atoms with E-state index in [1.807, 2.05) is 43.3 Å². The Morgan fingerprint density at radius 3 is 2.62 bits per heavy atom. The van der Waals surface area contributed by atoms with Crippen molar-refractivity contribution in [2.45, 2.75) is 6.92 Å². The van der Waals surface area contributed by atoms with Crippen LogP contribution in [-0.4, -0.2) is 42.4 Å². The van der Waals surface area contributed by atoms with Crippen molar-refractivity contribution in [1.82, 2.24) is 10.2 Å². The minimum Gasteiger partial charge on any atom is -0.376 e. The predicted molar refractivity (Wildman–Crippen MR) is 99.2 cm³/mol. The molecule has 1 fully saturated rings. The summed E-state index contributed by atoms with van der Waals surface area (Å²) in [7, 11) is 0. The van der Waals surface area contributed by atoms with Crippen LogP contribution in [-0.2, 0) is 4.79 Å². The second-order valence-electron chi connectivity index (χ2n) is 5.98. The van der Waals surface area contributed by atoms with E-state index in [0.29, 0.717) is 30.0 Å². The summed E-state index contributed by atoms with van der Waals surface area (Å²) in [6.45, 7) is 2.71. The lowest BCUT2D eigenvalue weighted by molar-refractivity contribution is -0.125. The molecule has 0 unspecified atom stereocenters. The molecule has 2 aromatic carbocycles. The summed E-state index contributed by atoms with van der Waals surface area (Å²) in [4.78, 5) is 37.2. The summed E-state index contributed by atoms with van der Waals surface area (Å²) in [6.07, 6.45) is 0. The van der Waals surface area contributed by atoms with Crippen LogP contribution >= 0.6 is 0 Å². The smallest absolute Gasteiger partial charge is 0.324 e. The number of carbonyl (C=O) groups excluding carboxylic acids is 3. The highest BCUT2D eigenvalue weighted by Crippen LogP contribution is 2.18. The van der Waals surface area contributed by atoms with Gasteiger partial charge < -0.3 is 16.0 Å². The van der Waals surface area contributed by atoms with Crippen LogP contribution in [0.3, 0.4) is 0 Å². The van der Waals surface area contributed by atoms with Crippen molar-refractivity contribution in [3.63, 3.8) is 0 Å². The maximum atomic E-state index is 12.4. The van der Waals surface area contributed by atoms with E-state index in [4.69, 9.17) is 0 Å². The van der Waals surface area contributed by atoms with Gasteiger partial charge in [0.1, 0.15) is 0 Å². The molecule has 26 heavy (non-hydrogen) atoms. The SMILES string of the molecule is Cc1ccc(C(=O)Nc2ccccc2)cc1NCC(=O)N1CCNC1=O. The average Bonchev–Trinajstić information content (AvgIpc) is 3.07. The number of amides is 4. The van der Waals surface area contributed by atoms with Crippen molar-refractivity contribution in [3.8, 4) is 0 Å². The second-order valence-corrected chi connectivity index (χ2v) is 5.98. The molecule has 0 saturated carbocycles. The van der Waals surface area contributed by atoms with E-state index in [1.165, 1.54) is 4.90 Å². The molecule has 2 aromatic rings. The molecule has 0 spiro atoms. The number of anilines is 2. The second kappa shape index (κ2) is 7.69. The van der Waals surface area contributed by atoms with Crippen molar-refractivity contribution in [3.05, 3.63) is 59.7 Å². The zero-order valence-corrected chi connectivity index (χ0v) is 14.4. The third kappa shape index (κ3) is 4.00. The van der Waals surface area contributed by atoms with Gasteiger partial charge in [-0.2, -0.15) is 0 Å². The zero-order valence-electron chi connectivity index (χ0n) is 14.4. The summed E-state index contributed by atoms with van der Waals surface area (Å²) in [5.41, 5.74) is 2.77. The molecule has 1 aliphatic heterocycles. The van der Waals surface area contributed by atoms with Gasteiger partial charge in [0.2, 0.25) is 5.91 Å². The predicted octanol–water partition coefficient (Wildman–Crippen LogP) is 2.21. The number of para-hydroxylation sites is 1. The molecule has 0 aromatic heterocycles. The highest BCUT2D eigenvalue weighted by molar-refractivity contribution is 6.05. The monoisotopic (exact) mass is 352 g/mol. The van der Waals surface area contributed by atoms with E-state index in [-0.39, 0.29) is 24.4 Å². The Hall–Kier alpha value is -3.35. The lowest BCUT2D eigenvalue weighted by atomic mass is 10.1. The standard InChI is InChI=1S/C19H20N4O3/c1-13-7-8-14(18(25)22-15-5-3-2-4-6-15)11-16(13)21-12-17(24)23-10-9-20-19(23)26/h2-8,11,21H,9-10,12H2,1H3,(H,20,26)(H,22,25). The molecule has 7 heteroatoms. The van der Waals surface area contributed by atoms with Crippen molar-refractivity contribution in [1.29, 1.82) is 0 Å². The maximum absolute atomic E-state index is 12.4. The fourth-order valence-electron chi connectivity index (χ4n) is 2.65. The van der Waals surface area contributed by atoms with Crippen LogP contribution in [0.4, 0.5) is 16.2 Å². The molecule has 134 valence electrons. The van der Waals surface area contributed by atoms with Crippen LogP contribution in [0.15, 0.2) is 48.5 Å². The fourth-order valence-corrected chi connectivity index (χ4v) is 2.65. The number of nitrogens with one attached hydrogen (secondary N) is 3. The molecule has 0 aliphatic carbocycles. The molecule has 1 heterocycles. The highest BCUT2D eigenvalue weighted by Gasteiger charge is 2.25. The van der Waals surface area contributed by atoms with Gasteiger partial charge in [-0.25, -0.2) is 4.79 Å². The molecule has 0 radical (unpaired) electrons. The zero-order chi connectivity index (χ0) is 18.5. The Kier molecular flexibility index (Phi) is 5.17. The normalized spacial score (nSPS) is 13.3. The van der Waals surface area contributed by atoms with Gasteiger partial charge >= 0.3 is 6.03 Å². The van der Waals surface area contributed by atoms with Gasteiger partial charge in [0.15, 0.2) is 0 Å². The molecule has 4 amide bonds. The Labute approximate surface area is 151 Å². The Balaban J connectivity index is 1.66. The Morgan fingerprint density at radius 2 is 1.92 bits per heavy atom. The maximum Gasteiger partial charge on any atom is 0.324 e. The molecule has 3 rings (SSSR count). The van der Waals surface area contributed by atoms with Gasteiger partial charge in [0.05, 0.1) is 6.54 Å². The van der Waals surface area contributed by atoms with Gasteiger partial charge in [-0.3, -0.25) is 14.5 Å². The summed E-state index contributed by atoms with van der Waals surface area (Å²) in [6, 6.07) is 14.1. The minimum absolute atomic E-state index is 0.0159. The van der Waals surface area contributed by atoms with Crippen LogP contribution in [0, 0.1) is 6.92 Å². The van der Waals surface area contributed by atoms with Gasteiger partial charge in [0.25, 0.3) is 5.91 Å². The lowest BCUT2D eigenvalue weighted by Gasteiger charge is -2.15. The van der Waals surface area contributed by atoms with E-state index in [2.05, 4.69) is 16.0 Å². The van der Waals surface area contributed by atoms with Crippen molar-refractivity contribution >= 4 is 29.2 Å². The number of nitrogens with zero attached hydrogens (tertiary/aromatic N) is 1. The highest BCUT2D eigenvalue weighted by atomic mass is 16.2. The average molecular weight is 352 g/mol. The van der Waals surface area contributed by atoms with Gasteiger partial charge in [-0.05, 0) is 36.8 Å². The van der Waals surface area contributed by atoms with E-state index < -0.39 is 0 Å². The number of urea groups is 1. The quantitative estimate of drug-likeness (QED) is 0.769. The van der Waals surface area contributed by atoms with Crippen LogP contribution in [0.5, 0.6) is 0 Å². The van der Waals surface area contributed by atoms with Crippen LogP contribution in [0.2, 0.25) is 0 Å². The first kappa shape index (κ1) is 17.5. The van der Waals surface area contributed by atoms with E-state index in [1.54, 1.807) is 12.1 Å². The third-order valence-electron chi connectivity index (χ3n) is 4.12. The molecular weight excluding hydrogens is 332 g/mol. The van der Waals surface area contributed by atoms with Crippen LogP contribution in [0.25, 0.3) is 0 Å². The number of carbonyl (C=O) groups is 3. The summed E-state index contributed by atoms with van der Waals surface area (Å²) in [5.74, 6) is -0.539. The summed E-state index contributed by atoms with van der Waals surface area (Å²) < 4.78 is 0. The molecule has 0 atom stereocenters. The molecule has 3 N–H and O–H groups in total. The van der Waals surface area contributed by atoms with Crippen molar-refractivity contribution in [2.24, 2.45) is 0 Å². The van der Waals surface area contributed by atoms with E-state index >= 15 is 0 Å². The number of hydrogen-bond acceptors (Lipinski definition) is 4. The van der Waals surface area contributed by atoms with Crippen LogP contribution in [0.1, 0.15) is 15.9 Å². The first-order chi connectivity index (χ1) is 12.5. The summed E-state index contributed by atoms with van der Waals surface area (Å²) >= 11 is 0. The van der Waals surface area contributed by atoms with Crippen molar-refractivity contribution < 1.29 is 14.4 Å². The number of benzene rings is 2. The van der Waals surface area contributed by atoms with Gasteiger partial charge in [0, 0.05) is 30.0 Å². The first-order valence-electron chi connectivity index (χ1n) is 8.34. The largest absolute Gasteiger partial charge is 0.376 e. The molecule has 7 nitrogen and oxygen atoms in total. The third-order valence-corrected chi connectivity index (χ3v) is 4.12. The fraction of sp³-hybridized carbons (Fsp3) is 0.211.